The number of nitrogens with one attached hydrogen (secondary N) is 2. The van der Waals surface area contributed by atoms with Gasteiger partial charge in [0.05, 0.1) is 12.1 Å². The Bertz CT molecular complexity index is 1230. The van der Waals surface area contributed by atoms with E-state index in [2.05, 4.69) is 40.0 Å². The Kier molecular flexibility index (Phi) is 7.89. The molecule has 2 saturated carbocycles. The zero-order chi connectivity index (χ0) is 25.9. The van der Waals surface area contributed by atoms with Crippen LogP contribution in [0.2, 0.25) is 0 Å². The zero-order valence-electron chi connectivity index (χ0n) is 20.9. The smallest absolute Gasteiger partial charge is 0.246 e. The topological polar surface area (TPSA) is 147 Å². The van der Waals surface area contributed by atoms with E-state index in [0.29, 0.717) is 34.6 Å². The average molecular weight is 528 g/mol. The first-order valence-corrected chi connectivity index (χ1v) is 13.8. The first kappa shape index (κ1) is 25.8. The van der Waals surface area contributed by atoms with Crippen molar-refractivity contribution in [1.29, 1.82) is 0 Å². The van der Waals surface area contributed by atoms with Crippen LogP contribution in [-0.2, 0) is 9.53 Å². The molecule has 4 N–H and O–H groups in total. The maximum absolute atomic E-state index is 11.8. The second-order valence-electron chi connectivity index (χ2n) is 9.50. The highest BCUT2D eigenvalue weighted by molar-refractivity contribution is 7.99. The maximum atomic E-state index is 11.8. The molecular weight excluding hydrogens is 494 g/mol. The Balaban J connectivity index is 1.39. The van der Waals surface area contributed by atoms with Crippen LogP contribution in [-0.4, -0.2) is 84.3 Å². The van der Waals surface area contributed by atoms with Crippen molar-refractivity contribution in [3.63, 3.8) is 0 Å². The van der Waals surface area contributed by atoms with Gasteiger partial charge in [-0.1, -0.05) is 54.2 Å². The molecule has 2 aliphatic carbocycles. The summed E-state index contributed by atoms with van der Waals surface area (Å²) >= 11 is 1.55. The van der Waals surface area contributed by atoms with Gasteiger partial charge in [-0.2, -0.15) is 0 Å². The second-order valence-corrected chi connectivity index (χ2v) is 10.6. The summed E-state index contributed by atoms with van der Waals surface area (Å²) in [5.41, 5.74) is 2.30. The number of hydrogen-bond donors (Lipinski definition) is 4. The summed E-state index contributed by atoms with van der Waals surface area (Å²) < 4.78 is 7.18. The number of nitrogens with zero attached hydrogens (tertiary/aromatic N) is 5. The molecule has 1 aromatic carbocycles. The van der Waals surface area contributed by atoms with Crippen LogP contribution in [0.15, 0.2) is 35.5 Å². The number of ether oxygens (including phenoxy) is 1. The predicted octanol–water partition coefficient (Wildman–Crippen LogP) is 1.88. The van der Waals surface area contributed by atoms with E-state index in [1.807, 2.05) is 25.1 Å². The van der Waals surface area contributed by atoms with Gasteiger partial charge in [-0.05, 0) is 25.3 Å². The quantitative estimate of drug-likeness (QED) is 0.215. The molecule has 0 radical (unpaired) electrons. The Hall–Kier alpha value is -2.80. The number of carbonyl (C=O) groups excluding carboxylic acids is 1. The average Bonchev–Trinajstić information content (AvgIpc) is 3.45. The number of aromatic nitrogens is 5. The third-order valence-electron chi connectivity index (χ3n) is 6.79. The van der Waals surface area contributed by atoms with Crippen molar-refractivity contribution >= 4 is 34.7 Å². The molecule has 12 heteroatoms. The highest BCUT2D eigenvalue weighted by Crippen LogP contribution is 2.43. The van der Waals surface area contributed by atoms with Gasteiger partial charge in [0.15, 0.2) is 22.1 Å². The normalized spacial score (nSPS) is 26.9. The highest BCUT2D eigenvalue weighted by atomic mass is 32.2. The molecule has 2 aromatic heterocycles. The molecule has 1 amide bonds. The van der Waals surface area contributed by atoms with Gasteiger partial charge in [0.25, 0.3) is 0 Å². The number of carbonyl (C=O) groups is 1. The van der Waals surface area contributed by atoms with E-state index in [9.17, 15) is 15.0 Å². The number of likely N-dealkylation sites (N-methyl/N-ethyl adjacent to an activating group) is 1. The van der Waals surface area contributed by atoms with E-state index in [-0.39, 0.29) is 25.0 Å². The molecule has 11 nitrogen and oxygen atoms in total. The Morgan fingerprint density at radius 1 is 1.16 bits per heavy atom. The fourth-order valence-electron chi connectivity index (χ4n) is 4.80. The molecule has 37 heavy (non-hydrogen) atoms. The van der Waals surface area contributed by atoms with Gasteiger partial charge in [0.2, 0.25) is 5.91 Å². The first-order chi connectivity index (χ1) is 18.0. The summed E-state index contributed by atoms with van der Waals surface area (Å²) in [7, 11) is 0. The molecule has 0 saturated heterocycles. The number of amides is 1. The fraction of sp³-hybridized carbons (Fsp3) is 0.560. The van der Waals surface area contributed by atoms with Crippen molar-refractivity contribution in [3.8, 4) is 0 Å². The highest BCUT2D eigenvalue weighted by Gasteiger charge is 2.45. The molecule has 2 aliphatic rings. The van der Waals surface area contributed by atoms with Crippen molar-refractivity contribution in [3.05, 3.63) is 35.9 Å². The number of hydrogen-bond acceptors (Lipinski definition) is 10. The lowest BCUT2D eigenvalue weighted by molar-refractivity contribution is -0.130. The first-order valence-electron chi connectivity index (χ1n) is 12.8. The molecule has 5 rings (SSSR count). The summed E-state index contributed by atoms with van der Waals surface area (Å²) in [6.07, 6.45) is -0.780. The summed E-state index contributed by atoms with van der Waals surface area (Å²) in [4.78, 5) is 21.3. The van der Waals surface area contributed by atoms with Gasteiger partial charge >= 0.3 is 0 Å². The number of aliphatic hydroxyl groups excluding tert-OH is 2. The van der Waals surface area contributed by atoms with Crippen molar-refractivity contribution in [2.24, 2.45) is 0 Å². The van der Waals surface area contributed by atoms with E-state index in [4.69, 9.17) is 14.7 Å². The largest absolute Gasteiger partial charge is 0.388 e. The number of aliphatic hydroxyl groups is 2. The second kappa shape index (κ2) is 11.3. The molecule has 0 spiro atoms. The molecule has 0 aliphatic heterocycles. The van der Waals surface area contributed by atoms with Gasteiger partial charge in [-0.15, -0.1) is 5.10 Å². The van der Waals surface area contributed by atoms with Gasteiger partial charge in [0, 0.05) is 30.7 Å². The Morgan fingerprint density at radius 2 is 1.97 bits per heavy atom. The predicted molar refractivity (Wildman–Crippen MR) is 139 cm³/mol. The summed E-state index contributed by atoms with van der Waals surface area (Å²) in [6.45, 7) is 4.22. The van der Waals surface area contributed by atoms with Crippen LogP contribution < -0.4 is 10.6 Å². The summed E-state index contributed by atoms with van der Waals surface area (Å²) in [6, 6.07) is 10.0. The third kappa shape index (κ3) is 5.57. The molecule has 198 valence electrons. The number of fused-ring (bicyclic) bond motifs is 1. The van der Waals surface area contributed by atoms with E-state index < -0.39 is 24.4 Å². The molecule has 2 fully saturated rings. The standard InChI is InChI=1S/C25H33N7O4S/c1-3-10-37-25-28-23(27-16-11-15(16)14-8-6-5-7-9-14)20-24(29-25)32(31-30-20)17-12-18(22(35)21(17)34)36-13-19(33)26-4-2/h5-9,15-18,21-22,34-35H,3-4,10-13H2,1-2H3,(H,26,33)(H,27,28,29)/t15?,16?,17-,18+,21+,22-/m0/s1. The van der Waals surface area contributed by atoms with Gasteiger partial charge in [-0.25, -0.2) is 14.6 Å². The summed E-state index contributed by atoms with van der Waals surface area (Å²) in [5.74, 6) is 1.62. The minimum Gasteiger partial charge on any atom is -0.388 e. The van der Waals surface area contributed by atoms with Crippen molar-refractivity contribution in [2.75, 3.05) is 24.2 Å². The molecule has 2 heterocycles. The maximum Gasteiger partial charge on any atom is 0.246 e. The monoisotopic (exact) mass is 527 g/mol. The number of rotatable bonds is 11. The van der Waals surface area contributed by atoms with Crippen LogP contribution in [0.1, 0.15) is 50.6 Å². The lowest BCUT2D eigenvalue weighted by Crippen LogP contribution is -2.35. The lowest BCUT2D eigenvalue weighted by atomic mass is 10.1. The lowest BCUT2D eigenvalue weighted by Gasteiger charge is -2.17. The Labute approximate surface area is 219 Å². The number of benzene rings is 1. The minimum atomic E-state index is -1.16. The van der Waals surface area contributed by atoms with Crippen molar-refractivity contribution in [1.82, 2.24) is 30.3 Å². The van der Waals surface area contributed by atoms with Crippen molar-refractivity contribution < 1.29 is 19.7 Å². The SMILES string of the molecule is CCCSc1nc(NC2CC2c2ccccc2)c2nnn([C@H]3C[C@@H](OCC(=O)NCC)[C@H](O)[C@@H]3O)c2n1. The molecular formula is C25H33N7O4S. The fourth-order valence-corrected chi connectivity index (χ4v) is 5.49. The van der Waals surface area contributed by atoms with Crippen molar-refractivity contribution in [2.45, 2.75) is 74.6 Å². The number of anilines is 1. The van der Waals surface area contributed by atoms with Crippen LogP contribution in [0.5, 0.6) is 0 Å². The van der Waals surface area contributed by atoms with E-state index in [0.717, 1.165) is 18.6 Å². The molecule has 6 atom stereocenters. The molecule has 2 unspecified atom stereocenters. The van der Waals surface area contributed by atoms with Gasteiger partial charge in [0.1, 0.15) is 18.8 Å². The van der Waals surface area contributed by atoms with Gasteiger partial charge < -0.3 is 25.6 Å². The summed E-state index contributed by atoms with van der Waals surface area (Å²) in [5, 5.41) is 36.9. The van der Waals surface area contributed by atoms with Crippen LogP contribution in [0.3, 0.4) is 0 Å². The third-order valence-corrected chi connectivity index (χ3v) is 7.85. The van der Waals surface area contributed by atoms with Gasteiger partial charge in [-0.3, -0.25) is 4.79 Å². The molecule has 3 aromatic rings. The van der Waals surface area contributed by atoms with Crippen LogP contribution in [0.4, 0.5) is 5.82 Å². The minimum absolute atomic E-state index is 0.189. The molecule has 0 bridgehead atoms. The van der Waals surface area contributed by atoms with E-state index in [1.54, 1.807) is 16.4 Å². The van der Waals surface area contributed by atoms with E-state index >= 15 is 0 Å². The zero-order valence-corrected chi connectivity index (χ0v) is 21.8. The van der Waals surface area contributed by atoms with Crippen LogP contribution in [0, 0.1) is 0 Å². The van der Waals surface area contributed by atoms with Crippen LogP contribution in [0.25, 0.3) is 11.2 Å². The van der Waals surface area contributed by atoms with E-state index in [1.165, 1.54) is 5.56 Å². The Morgan fingerprint density at radius 3 is 2.73 bits per heavy atom. The van der Waals surface area contributed by atoms with Crippen LogP contribution >= 0.6 is 11.8 Å². The number of thioether (sulfide) groups is 1.